The first-order valence-corrected chi connectivity index (χ1v) is 23.9. The normalized spacial score (nSPS) is 11.8. The standard InChI is InChI=1S/C22H40O8S10/c23-1-3-35-16-29-20(25)13-32-6-5-31-11-12-40(28)19-38-10-9-37-18-39-22(27)15-34-8-7-33-14-21(26)30-17-36-4-2-24/h23-24H,1-19H2. The molecular weight excluding hydrogens is 713 g/mol. The third-order valence-corrected chi connectivity index (χ3v) is 15.3. The summed E-state index contributed by atoms with van der Waals surface area (Å²) in [5, 5.41) is 18.9. The van der Waals surface area contributed by atoms with E-state index in [1.807, 2.05) is 0 Å². The molecule has 236 valence electrons. The summed E-state index contributed by atoms with van der Waals surface area (Å²) in [6.45, 7) is 0.159. The highest BCUT2D eigenvalue weighted by Crippen LogP contribution is 2.18. The van der Waals surface area contributed by atoms with E-state index >= 15 is 0 Å². The van der Waals surface area contributed by atoms with Crippen molar-refractivity contribution >= 4 is 134 Å². The van der Waals surface area contributed by atoms with E-state index in [1.165, 1.54) is 58.8 Å². The number of rotatable bonds is 30. The van der Waals surface area contributed by atoms with E-state index in [9.17, 15) is 18.6 Å². The lowest BCUT2D eigenvalue weighted by Crippen LogP contribution is -2.08. The van der Waals surface area contributed by atoms with E-state index in [-0.39, 0.29) is 42.1 Å². The number of thioether (sulfide) groups is 9. The smallest absolute Gasteiger partial charge is 0.316 e. The van der Waals surface area contributed by atoms with E-state index in [0.29, 0.717) is 39.6 Å². The van der Waals surface area contributed by atoms with Crippen LogP contribution in [0.1, 0.15) is 0 Å². The maximum absolute atomic E-state index is 12.1. The van der Waals surface area contributed by atoms with Crippen molar-refractivity contribution in [1.82, 2.24) is 0 Å². The van der Waals surface area contributed by atoms with Crippen LogP contribution in [-0.4, -0.2) is 142 Å². The highest BCUT2D eigenvalue weighted by molar-refractivity contribution is 8.25. The summed E-state index contributed by atoms with van der Waals surface area (Å²) in [6, 6.07) is 0. The predicted molar refractivity (Wildman–Crippen MR) is 191 cm³/mol. The zero-order chi connectivity index (χ0) is 29.5. The lowest BCUT2D eigenvalue weighted by Gasteiger charge is -2.05. The third-order valence-electron chi connectivity index (χ3n) is 3.83. The fraction of sp³-hybridized carbons (Fsp3) is 0.864. The topological polar surface area (TPSA) is 127 Å². The molecule has 0 aliphatic carbocycles. The Morgan fingerprint density at radius 2 is 1.07 bits per heavy atom. The molecule has 0 aromatic rings. The van der Waals surface area contributed by atoms with Crippen molar-refractivity contribution in [3.8, 4) is 0 Å². The van der Waals surface area contributed by atoms with Gasteiger partial charge in [0, 0.05) is 73.4 Å². The van der Waals surface area contributed by atoms with Gasteiger partial charge in [-0.2, -0.15) is 23.5 Å². The summed E-state index contributed by atoms with van der Waals surface area (Å²) in [6.07, 6.45) is 0. The van der Waals surface area contributed by atoms with Crippen LogP contribution < -0.4 is 0 Å². The first-order valence-electron chi connectivity index (χ1n) is 12.1. The largest absolute Gasteiger partial charge is 0.454 e. The summed E-state index contributed by atoms with van der Waals surface area (Å²) in [4.78, 5) is 35.0. The zero-order valence-electron chi connectivity index (χ0n) is 22.4. The second-order valence-corrected chi connectivity index (χ2v) is 19.2. The Morgan fingerprint density at radius 1 is 0.575 bits per heavy atom. The van der Waals surface area contributed by atoms with Crippen molar-refractivity contribution in [3.05, 3.63) is 0 Å². The summed E-state index contributed by atoms with van der Waals surface area (Å²) < 4.78 is 22.2. The van der Waals surface area contributed by atoms with Crippen LogP contribution in [0.4, 0.5) is 0 Å². The van der Waals surface area contributed by atoms with Crippen molar-refractivity contribution in [2.75, 3.05) is 110 Å². The van der Waals surface area contributed by atoms with Gasteiger partial charge in [-0.3, -0.25) is 18.6 Å². The quantitative estimate of drug-likeness (QED) is 0.0628. The molecule has 0 rings (SSSR count). The van der Waals surface area contributed by atoms with E-state index in [0.717, 1.165) is 45.4 Å². The van der Waals surface area contributed by atoms with Crippen LogP contribution in [-0.2, 0) is 34.7 Å². The molecule has 1 unspecified atom stereocenters. The van der Waals surface area contributed by atoms with E-state index in [4.69, 9.17) is 19.7 Å². The molecule has 0 aliphatic heterocycles. The van der Waals surface area contributed by atoms with Crippen LogP contribution in [0, 0.1) is 0 Å². The molecule has 0 saturated carbocycles. The number of esters is 2. The second-order valence-electron chi connectivity index (χ2n) is 7.01. The Bertz CT molecular complexity index is 663. The SMILES string of the molecule is O=C(CSCCSCCS(=O)CSCCSCSC(=O)CSCCSCC(=O)OCSCCO)OCSCCO. The third kappa shape index (κ3) is 32.7. The average Bonchev–Trinajstić information content (AvgIpc) is 2.94. The van der Waals surface area contributed by atoms with Gasteiger partial charge < -0.3 is 19.7 Å². The van der Waals surface area contributed by atoms with Crippen molar-refractivity contribution in [2.45, 2.75) is 0 Å². The number of carbonyl (C=O) groups excluding carboxylic acids is 3. The van der Waals surface area contributed by atoms with Gasteiger partial charge in [-0.1, -0.05) is 11.8 Å². The van der Waals surface area contributed by atoms with E-state index < -0.39 is 10.8 Å². The van der Waals surface area contributed by atoms with Gasteiger partial charge in [0.15, 0.2) is 5.12 Å². The van der Waals surface area contributed by atoms with Gasteiger partial charge in [-0.15, -0.1) is 70.6 Å². The molecule has 0 bridgehead atoms. The fourth-order valence-corrected chi connectivity index (χ4v) is 11.9. The highest BCUT2D eigenvalue weighted by atomic mass is 32.2. The second kappa shape index (κ2) is 33.7. The van der Waals surface area contributed by atoms with Gasteiger partial charge in [0.25, 0.3) is 0 Å². The summed E-state index contributed by atoms with van der Waals surface area (Å²) >= 11 is 13.9. The van der Waals surface area contributed by atoms with Crippen molar-refractivity contribution in [1.29, 1.82) is 0 Å². The van der Waals surface area contributed by atoms with Gasteiger partial charge in [0.05, 0.1) is 35.6 Å². The molecule has 0 amide bonds. The van der Waals surface area contributed by atoms with Crippen LogP contribution in [0.2, 0.25) is 0 Å². The minimum atomic E-state index is -0.834. The van der Waals surface area contributed by atoms with Crippen LogP contribution in [0.15, 0.2) is 0 Å². The maximum atomic E-state index is 12.1. The molecular formula is C22H40O8S10. The summed E-state index contributed by atoms with van der Waals surface area (Å²) in [5.74, 6) is 9.03. The highest BCUT2D eigenvalue weighted by Gasteiger charge is 2.07. The molecule has 0 radical (unpaired) electrons. The average molecular weight is 753 g/mol. The Kier molecular flexibility index (Phi) is 35.3. The number of ether oxygens (including phenoxy) is 2. The molecule has 18 heteroatoms. The molecule has 40 heavy (non-hydrogen) atoms. The Morgan fingerprint density at radius 3 is 1.65 bits per heavy atom. The summed E-state index contributed by atoms with van der Waals surface area (Å²) in [7, 11) is -0.834. The molecule has 0 spiro atoms. The molecule has 0 saturated heterocycles. The van der Waals surface area contributed by atoms with Crippen molar-refractivity contribution in [2.24, 2.45) is 0 Å². The monoisotopic (exact) mass is 752 g/mol. The van der Waals surface area contributed by atoms with Gasteiger partial charge >= 0.3 is 11.9 Å². The molecule has 0 heterocycles. The van der Waals surface area contributed by atoms with Crippen molar-refractivity contribution in [3.63, 3.8) is 0 Å². The number of hydrogen-bond acceptors (Lipinski definition) is 17. The van der Waals surface area contributed by atoms with Crippen LogP contribution >= 0.6 is 106 Å². The number of aliphatic hydroxyl groups excluding tert-OH is 2. The van der Waals surface area contributed by atoms with E-state index in [1.54, 1.807) is 47.0 Å². The van der Waals surface area contributed by atoms with Gasteiger partial charge in [-0.25, -0.2) is 0 Å². The summed E-state index contributed by atoms with van der Waals surface area (Å²) in [5.41, 5.74) is 0. The molecule has 8 nitrogen and oxygen atoms in total. The van der Waals surface area contributed by atoms with Crippen LogP contribution in [0.5, 0.6) is 0 Å². The zero-order valence-corrected chi connectivity index (χ0v) is 30.5. The fourth-order valence-electron chi connectivity index (χ4n) is 2.04. The first kappa shape index (κ1) is 41.8. The first-order chi connectivity index (χ1) is 19.5. The van der Waals surface area contributed by atoms with Gasteiger partial charge in [0.2, 0.25) is 0 Å². The maximum Gasteiger partial charge on any atom is 0.316 e. The molecule has 0 aliphatic rings. The lowest BCUT2D eigenvalue weighted by atomic mass is 10.8. The molecule has 1 atom stereocenters. The minimum absolute atomic E-state index is 0.0759. The molecule has 0 fully saturated rings. The molecule has 0 aromatic heterocycles. The molecule has 2 N–H and O–H groups in total. The van der Waals surface area contributed by atoms with Crippen LogP contribution in [0.25, 0.3) is 0 Å². The number of carbonyl (C=O) groups is 3. The Balaban J connectivity index is 3.38. The van der Waals surface area contributed by atoms with Gasteiger partial charge in [0.1, 0.15) is 11.9 Å². The number of aliphatic hydroxyl groups is 2. The Labute approximate surface area is 279 Å². The van der Waals surface area contributed by atoms with E-state index in [2.05, 4.69) is 0 Å². The Hall–Kier alpha value is 1.83. The molecule has 0 aromatic carbocycles. The lowest BCUT2D eigenvalue weighted by molar-refractivity contribution is -0.139. The predicted octanol–water partition coefficient (Wildman–Crippen LogP) is 3.76. The van der Waals surface area contributed by atoms with Crippen molar-refractivity contribution < 1.29 is 38.3 Å². The van der Waals surface area contributed by atoms with Crippen LogP contribution in [0.3, 0.4) is 0 Å². The minimum Gasteiger partial charge on any atom is -0.454 e. The number of hydrogen-bond donors (Lipinski definition) is 2. The van der Waals surface area contributed by atoms with Gasteiger partial charge in [-0.05, 0) is 0 Å².